The van der Waals surface area contributed by atoms with Gasteiger partial charge in [0.05, 0.1) is 0 Å². The lowest BCUT2D eigenvalue weighted by molar-refractivity contribution is -0.150. The molecule has 3 amide bonds. The lowest BCUT2D eigenvalue weighted by Gasteiger charge is -2.45. The molecule has 0 fully saturated rings. The first kappa shape index (κ1) is 31.3. The van der Waals surface area contributed by atoms with E-state index in [1.54, 1.807) is 39.0 Å². The number of rotatable bonds is 9. The summed E-state index contributed by atoms with van der Waals surface area (Å²) in [5, 5.41) is 16.5. The lowest BCUT2D eigenvalue weighted by Crippen LogP contribution is -2.60. The summed E-state index contributed by atoms with van der Waals surface area (Å²) in [6.07, 6.45) is 0.184. The molecule has 0 saturated heterocycles. The number of alkyl carbamates (subject to hydrolysis) is 1. The van der Waals surface area contributed by atoms with Gasteiger partial charge in [-0.05, 0) is 80.2 Å². The van der Waals surface area contributed by atoms with E-state index in [4.69, 9.17) is 4.74 Å². The van der Waals surface area contributed by atoms with Gasteiger partial charge in [0, 0.05) is 16.6 Å². The highest BCUT2D eigenvalue weighted by molar-refractivity contribution is 5.93. The number of para-hydroxylation sites is 1. The van der Waals surface area contributed by atoms with E-state index < -0.39 is 46.7 Å². The van der Waals surface area contributed by atoms with Crippen molar-refractivity contribution in [2.75, 3.05) is 0 Å². The van der Waals surface area contributed by atoms with Crippen molar-refractivity contribution >= 4 is 17.9 Å². The molecule has 0 radical (unpaired) electrons. The fraction of sp³-hybridized carbons (Fsp3) is 0.679. The van der Waals surface area contributed by atoms with Crippen molar-refractivity contribution in [1.82, 2.24) is 15.5 Å². The number of hydrogen-bond donors (Lipinski definition) is 3. The summed E-state index contributed by atoms with van der Waals surface area (Å²) in [4.78, 5) is 42.2. The quantitative estimate of drug-likeness (QED) is 0.422. The second-order valence-electron chi connectivity index (χ2n) is 12.4. The third-order valence-electron chi connectivity index (χ3n) is 5.69. The van der Waals surface area contributed by atoms with Gasteiger partial charge in [-0.25, -0.2) is 4.79 Å². The van der Waals surface area contributed by atoms with Crippen molar-refractivity contribution in [3.8, 4) is 5.75 Å². The Balaban J connectivity index is 3.70. The number of carbonyl (C=O) groups is 3. The van der Waals surface area contributed by atoms with Gasteiger partial charge in [-0.15, -0.1) is 0 Å². The van der Waals surface area contributed by atoms with Crippen molar-refractivity contribution in [1.29, 1.82) is 0 Å². The third kappa shape index (κ3) is 9.36. The average molecular weight is 506 g/mol. The molecule has 1 rings (SSSR count). The summed E-state index contributed by atoms with van der Waals surface area (Å²) in [5.74, 6) is -0.845. The summed E-state index contributed by atoms with van der Waals surface area (Å²) in [7, 11) is 0. The largest absolute Gasteiger partial charge is 0.508 e. The van der Waals surface area contributed by atoms with Gasteiger partial charge in [-0.1, -0.05) is 39.0 Å². The molecule has 204 valence electrons. The number of amides is 3. The van der Waals surface area contributed by atoms with Crippen molar-refractivity contribution in [2.45, 2.75) is 118 Å². The van der Waals surface area contributed by atoms with Gasteiger partial charge in [0.2, 0.25) is 11.8 Å². The van der Waals surface area contributed by atoms with Crippen LogP contribution < -0.4 is 10.6 Å². The minimum Gasteiger partial charge on any atom is -0.508 e. The second-order valence-corrected chi connectivity index (χ2v) is 12.4. The monoisotopic (exact) mass is 505 g/mol. The number of carbonyl (C=O) groups excluding carboxylic acids is 3. The van der Waals surface area contributed by atoms with Crippen molar-refractivity contribution in [2.24, 2.45) is 5.92 Å². The third-order valence-corrected chi connectivity index (χ3v) is 5.69. The molecule has 3 N–H and O–H groups in total. The van der Waals surface area contributed by atoms with Crippen molar-refractivity contribution in [3.05, 3.63) is 29.8 Å². The van der Waals surface area contributed by atoms with Gasteiger partial charge >= 0.3 is 6.09 Å². The first-order chi connectivity index (χ1) is 16.3. The smallest absolute Gasteiger partial charge is 0.408 e. The molecule has 0 heterocycles. The molecule has 0 aliphatic rings. The molecule has 1 aromatic rings. The van der Waals surface area contributed by atoms with Crippen LogP contribution in [0.5, 0.6) is 5.75 Å². The highest BCUT2D eigenvalue weighted by atomic mass is 16.6. The van der Waals surface area contributed by atoms with E-state index >= 15 is 0 Å². The Kier molecular flexibility index (Phi) is 10.4. The molecule has 0 saturated carbocycles. The Bertz CT molecular complexity index is 912. The first-order valence-corrected chi connectivity index (χ1v) is 12.7. The fourth-order valence-electron chi connectivity index (χ4n) is 3.81. The molecular weight excluding hydrogens is 458 g/mol. The molecular formula is C28H47N3O5. The van der Waals surface area contributed by atoms with Crippen LogP contribution in [0.15, 0.2) is 24.3 Å². The molecule has 2 atom stereocenters. The maximum Gasteiger partial charge on any atom is 0.408 e. The Labute approximate surface area is 217 Å². The zero-order valence-corrected chi connectivity index (χ0v) is 24.0. The zero-order chi connectivity index (χ0) is 28.1. The molecule has 2 unspecified atom stereocenters. The van der Waals surface area contributed by atoms with Crippen molar-refractivity contribution in [3.63, 3.8) is 0 Å². The Morgan fingerprint density at radius 3 is 2.00 bits per heavy atom. The van der Waals surface area contributed by atoms with Crippen LogP contribution in [0.2, 0.25) is 0 Å². The fourth-order valence-corrected chi connectivity index (χ4v) is 3.81. The Hall–Kier alpha value is -2.77. The van der Waals surface area contributed by atoms with E-state index in [9.17, 15) is 19.5 Å². The molecule has 0 bridgehead atoms. The summed E-state index contributed by atoms with van der Waals surface area (Å²) in [5.41, 5.74) is -1.78. The lowest BCUT2D eigenvalue weighted by atomic mass is 9.90. The van der Waals surface area contributed by atoms with E-state index in [1.807, 2.05) is 55.4 Å². The topological polar surface area (TPSA) is 108 Å². The van der Waals surface area contributed by atoms with E-state index in [2.05, 4.69) is 10.6 Å². The molecule has 8 heteroatoms. The molecule has 0 aromatic heterocycles. The number of nitrogens with zero attached hydrogens (tertiary/aromatic N) is 1. The maximum atomic E-state index is 14.3. The SMILES string of the molecule is CCC(C)(C)N(C(=O)C(CC(C)C)NC(=O)OC(C)(C)C)C(C(=O)NC(C)(C)C)c1ccccc1O. The van der Waals surface area contributed by atoms with Crippen LogP contribution in [0.1, 0.15) is 101 Å². The molecule has 0 aliphatic heterocycles. The standard InChI is InChI=1S/C28H47N3O5/c1-12-28(10,11)31(24(34)20(17-18(2)3)29-25(35)36-27(7,8)9)22(23(33)30-26(4,5)6)19-15-13-14-16-21(19)32/h13-16,18,20,22,32H,12,17H2,1-11H3,(H,29,35)(H,30,33). The van der Waals surface area contributed by atoms with Crippen LogP contribution in [0.4, 0.5) is 4.79 Å². The van der Waals surface area contributed by atoms with Crippen LogP contribution in [-0.2, 0) is 14.3 Å². The van der Waals surface area contributed by atoms with E-state index in [-0.39, 0.29) is 11.7 Å². The molecule has 1 aromatic carbocycles. The highest BCUT2D eigenvalue weighted by Gasteiger charge is 2.44. The van der Waals surface area contributed by atoms with Gasteiger partial charge in [-0.2, -0.15) is 0 Å². The Morgan fingerprint density at radius 1 is 1.00 bits per heavy atom. The van der Waals surface area contributed by atoms with Gasteiger partial charge in [0.25, 0.3) is 0 Å². The number of aromatic hydroxyl groups is 1. The number of ether oxygens (including phenoxy) is 1. The number of phenols is 1. The predicted molar refractivity (Wildman–Crippen MR) is 143 cm³/mol. The van der Waals surface area contributed by atoms with Crippen LogP contribution in [-0.4, -0.2) is 50.6 Å². The molecule has 36 heavy (non-hydrogen) atoms. The van der Waals surface area contributed by atoms with Gasteiger partial charge in [0.15, 0.2) is 0 Å². The number of nitrogens with one attached hydrogen (secondary N) is 2. The number of benzene rings is 1. The van der Waals surface area contributed by atoms with Crippen LogP contribution in [0, 0.1) is 5.92 Å². The summed E-state index contributed by atoms with van der Waals surface area (Å²) in [6, 6.07) is 4.48. The highest BCUT2D eigenvalue weighted by Crippen LogP contribution is 2.36. The summed E-state index contributed by atoms with van der Waals surface area (Å²) < 4.78 is 5.43. The van der Waals surface area contributed by atoms with Crippen LogP contribution in [0.25, 0.3) is 0 Å². The first-order valence-electron chi connectivity index (χ1n) is 12.7. The van der Waals surface area contributed by atoms with Gasteiger partial charge < -0.3 is 25.4 Å². The minimum atomic E-state index is -1.12. The van der Waals surface area contributed by atoms with Crippen molar-refractivity contribution < 1.29 is 24.2 Å². The average Bonchev–Trinajstić information content (AvgIpc) is 2.68. The predicted octanol–water partition coefficient (Wildman–Crippen LogP) is 5.30. The van der Waals surface area contributed by atoms with E-state index in [1.165, 1.54) is 11.0 Å². The number of hydrogen-bond acceptors (Lipinski definition) is 5. The van der Waals surface area contributed by atoms with E-state index in [0.29, 0.717) is 18.4 Å². The number of phenolic OH excluding ortho intramolecular Hbond substituents is 1. The molecule has 8 nitrogen and oxygen atoms in total. The maximum absolute atomic E-state index is 14.3. The molecule has 0 aliphatic carbocycles. The zero-order valence-electron chi connectivity index (χ0n) is 24.0. The second kappa shape index (κ2) is 12.0. The minimum absolute atomic E-state index is 0.0763. The molecule has 0 spiro atoms. The van der Waals surface area contributed by atoms with Gasteiger partial charge in [0.1, 0.15) is 23.4 Å². The van der Waals surface area contributed by atoms with Gasteiger partial charge in [-0.3, -0.25) is 9.59 Å². The van der Waals surface area contributed by atoms with Crippen LogP contribution in [0.3, 0.4) is 0 Å². The van der Waals surface area contributed by atoms with E-state index in [0.717, 1.165) is 0 Å². The summed E-state index contributed by atoms with van der Waals surface area (Å²) in [6.45, 7) is 20.4. The normalized spacial score (nSPS) is 14.1. The summed E-state index contributed by atoms with van der Waals surface area (Å²) >= 11 is 0. The Morgan fingerprint density at radius 2 is 1.56 bits per heavy atom. The van der Waals surface area contributed by atoms with Crippen LogP contribution >= 0.6 is 0 Å².